The average molecular weight is 205 g/mol. The van der Waals surface area contributed by atoms with E-state index < -0.39 is 18.5 Å². The lowest BCUT2D eigenvalue weighted by atomic mass is 10.1. The Hall–Kier alpha value is -1.07. The van der Waals surface area contributed by atoms with Crippen LogP contribution in [0.2, 0.25) is 0 Å². The Morgan fingerprint density at radius 1 is 1.21 bits per heavy atom. The second-order valence-corrected chi connectivity index (χ2v) is 2.67. The molecule has 0 fully saturated rings. The van der Waals surface area contributed by atoms with E-state index in [2.05, 4.69) is 4.74 Å². The first-order valence-electron chi connectivity index (χ1n) is 4.02. The zero-order valence-corrected chi connectivity index (χ0v) is 7.29. The van der Waals surface area contributed by atoms with Crippen LogP contribution < -0.4 is 5.73 Å². The summed E-state index contributed by atoms with van der Waals surface area (Å²) in [6.45, 7) is -2.95. The molecule has 5 heteroatoms. The fourth-order valence-electron chi connectivity index (χ4n) is 1.07. The molecule has 1 rings (SSSR count). The normalized spacial score (nSPS) is 13.2. The molecule has 0 heterocycles. The third-order valence-corrected chi connectivity index (χ3v) is 1.72. The van der Waals surface area contributed by atoms with Gasteiger partial charge in [0.05, 0.1) is 0 Å². The summed E-state index contributed by atoms with van der Waals surface area (Å²) in [4.78, 5) is 0. The quantitative estimate of drug-likeness (QED) is 0.816. The van der Waals surface area contributed by atoms with Crippen LogP contribution in [0, 0.1) is 5.82 Å². The van der Waals surface area contributed by atoms with E-state index in [0.717, 1.165) is 0 Å². The summed E-state index contributed by atoms with van der Waals surface area (Å²) in [6.07, 6.45) is -0.893. The van der Waals surface area contributed by atoms with Gasteiger partial charge < -0.3 is 10.5 Å². The van der Waals surface area contributed by atoms with E-state index in [9.17, 15) is 13.2 Å². The maximum atomic E-state index is 12.5. The Kier molecular flexibility index (Phi) is 3.91. The summed E-state index contributed by atoms with van der Waals surface area (Å²) in [6, 6.07) is 5.09. The van der Waals surface area contributed by atoms with Crippen molar-refractivity contribution in [2.24, 2.45) is 5.73 Å². The van der Waals surface area contributed by atoms with Crippen LogP contribution in [-0.2, 0) is 4.74 Å². The van der Waals surface area contributed by atoms with Crippen molar-refractivity contribution in [3.05, 3.63) is 35.6 Å². The third-order valence-electron chi connectivity index (χ3n) is 1.72. The summed E-state index contributed by atoms with van der Waals surface area (Å²) in [5.41, 5.74) is 5.68. The lowest BCUT2D eigenvalue weighted by Gasteiger charge is -2.15. The molecule has 0 saturated heterocycles. The summed E-state index contributed by atoms with van der Waals surface area (Å²) in [7, 11) is 0. The van der Waals surface area contributed by atoms with Gasteiger partial charge in [-0.2, -0.15) is 8.78 Å². The number of hydrogen-bond donors (Lipinski definition) is 1. The van der Waals surface area contributed by atoms with Crippen molar-refractivity contribution >= 4 is 0 Å². The SMILES string of the molecule is NCC(OC(F)F)c1ccc(F)cc1. The van der Waals surface area contributed by atoms with E-state index in [1.807, 2.05) is 0 Å². The number of rotatable bonds is 4. The third kappa shape index (κ3) is 3.01. The molecule has 0 bridgehead atoms. The molecule has 1 aromatic carbocycles. The molecule has 0 saturated carbocycles. The van der Waals surface area contributed by atoms with Crippen molar-refractivity contribution in [3.63, 3.8) is 0 Å². The number of hydrogen-bond acceptors (Lipinski definition) is 2. The Labute approximate surface area is 79.5 Å². The second-order valence-electron chi connectivity index (χ2n) is 2.67. The summed E-state index contributed by atoms with van der Waals surface area (Å²) < 4.78 is 40.5. The number of halogens is 3. The van der Waals surface area contributed by atoms with Crippen LogP contribution in [0.4, 0.5) is 13.2 Å². The van der Waals surface area contributed by atoms with E-state index in [0.29, 0.717) is 5.56 Å². The highest BCUT2D eigenvalue weighted by Gasteiger charge is 2.15. The fraction of sp³-hybridized carbons (Fsp3) is 0.333. The van der Waals surface area contributed by atoms with E-state index in [1.165, 1.54) is 24.3 Å². The lowest BCUT2D eigenvalue weighted by molar-refractivity contribution is -0.162. The number of benzene rings is 1. The number of ether oxygens (including phenoxy) is 1. The molecule has 0 aromatic heterocycles. The largest absolute Gasteiger partial charge is 0.345 e. The molecule has 0 aliphatic heterocycles. The highest BCUT2D eigenvalue weighted by molar-refractivity contribution is 5.18. The van der Waals surface area contributed by atoms with E-state index >= 15 is 0 Å². The predicted octanol–water partition coefficient (Wildman–Crippen LogP) is 2.06. The molecule has 1 aromatic rings. The minimum atomic E-state index is -2.88. The lowest BCUT2D eigenvalue weighted by Crippen LogP contribution is -2.18. The van der Waals surface area contributed by atoms with Crippen molar-refractivity contribution in [2.45, 2.75) is 12.7 Å². The molecule has 78 valence electrons. The van der Waals surface area contributed by atoms with Gasteiger partial charge in [0.1, 0.15) is 11.9 Å². The molecule has 1 unspecified atom stereocenters. The van der Waals surface area contributed by atoms with Crippen LogP contribution in [0.15, 0.2) is 24.3 Å². The maximum Gasteiger partial charge on any atom is 0.345 e. The van der Waals surface area contributed by atoms with Crippen LogP contribution in [0.25, 0.3) is 0 Å². The maximum absolute atomic E-state index is 12.5. The zero-order valence-electron chi connectivity index (χ0n) is 7.29. The second kappa shape index (κ2) is 4.97. The van der Waals surface area contributed by atoms with Crippen molar-refractivity contribution in [1.82, 2.24) is 0 Å². The molecule has 0 radical (unpaired) electrons. The van der Waals surface area contributed by atoms with Gasteiger partial charge in [-0.25, -0.2) is 4.39 Å². The van der Waals surface area contributed by atoms with Gasteiger partial charge in [0.25, 0.3) is 0 Å². The van der Waals surface area contributed by atoms with Gasteiger partial charge in [-0.15, -0.1) is 0 Å². The number of nitrogens with two attached hydrogens (primary N) is 1. The van der Waals surface area contributed by atoms with Gasteiger partial charge in [-0.05, 0) is 17.7 Å². The molecule has 0 aliphatic rings. The summed E-state index contributed by atoms with van der Waals surface area (Å²) in [5.74, 6) is -0.429. The van der Waals surface area contributed by atoms with E-state index in [4.69, 9.17) is 5.73 Å². The highest BCUT2D eigenvalue weighted by atomic mass is 19.3. The average Bonchev–Trinajstić information content (AvgIpc) is 2.15. The Morgan fingerprint density at radius 2 is 1.79 bits per heavy atom. The molecular formula is C9H10F3NO. The van der Waals surface area contributed by atoms with E-state index in [1.54, 1.807) is 0 Å². The fourth-order valence-corrected chi connectivity index (χ4v) is 1.07. The molecule has 0 spiro atoms. The standard InChI is InChI=1S/C9H10F3NO/c10-7-3-1-6(2-4-7)8(5-13)14-9(11)12/h1-4,8-9H,5,13H2. The molecule has 2 nitrogen and oxygen atoms in total. The van der Waals surface area contributed by atoms with Crippen molar-refractivity contribution in [3.8, 4) is 0 Å². The minimum absolute atomic E-state index is 0.0734. The molecular weight excluding hydrogens is 195 g/mol. The monoisotopic (exact) mass is 205 g/mol. The first kappa shape index (κ1) is 11.0. The van der Waals surface area contributed by atoms with Gasteiger partial charge in [0, 0.05) is 6.54 Å². The van der Waals surface area contributed by atoms with Gasteiger partial charge in [-0.3, -0.25) is 0 Å². The first-order chi connectivity index (χ1) is 6.63. The van der Waals surface area contributed by atoms with Gasteiger partial charge >= 0.3 is 6.61 Å². The summed E-state index contributed by atoms with van der Waals surface area (Å²) in [5, 5.41) is 0. The van der Waals surface area contributed by atoms with Crippen LogP contribution in [0.5, 0.6) is 0 Å². The molecule has 2 N–H and O–H groups in total. The minimum Gasteiger partial charge on any atom is -0.328 e. The van der Waals surface area contributed by atoms with Gasteiger partial charge in [0.15, 0.2) is 0 Å². The molecule has 14 heavy (non-hydrogen) atoms. The van der Waals surface area contributed by atoms with Crippen LogP contribution >= 0.6 is 0 Å². The van der Waals surface area contributed by atoms with Crippen molar-refractivity contribution in [2.75, 3.05) is 6.54 Å². The molecule has 0 aliphatic carbocycles. The zero-order chi connectivity index (χ0) is 10.6. The van der Waals surface area contributed by atoms with Crippen LogP contribution in [0.1, 0.15) is 11.7 Å². The Bertz CT molecular complexity index is 276. The molecule has 0 amide bonds. The van der Waals surface area contributed by atoms with Crippen LogP contribution in [0.3, 0.4) is 0 Å². The highest BCUT2D eigenvalue weighted by Crippen LogP contribution is 2.19. The molecule has 1 atom stereocenters. The topological polar surface area (TPSA) is 35.2 Å². The predicted molar refractivity (Wildman–Crippen MR) is 45.3 cm³/mol. The number of alkyl halides is 2. The van der Waals surface area contributed by atoms with Crippen molar-refractivity contribution in [1.29, 1.82) is 0 Å². The smallest absolute Gasteiger partial charge is 0.328 e. The Balaban J connectivity index is 2.73. The summed E-state index contributed by atoms with van der Waals surface area (Å²) >= 11 is 0. The van der Waals surface area contributed by atoms with Gasteiger partial charge in [0.2, 0.25) is 0 Å². The van der Waals surface area contributed by atoms with Gasteiger partial charge in [-0.1, -0.05) is 12.1 Å². The Morgan fingerprint density at radius 3 is 2.21 bits per heavy atom. The van der Waals surface area contributed by atoms with E-state index in [-0.39, 0.29) is 6.54 Å². The van der Waals surface area contributed by atoms with Crippen LogP contribution in [-0.4, -0.2) is 13.2 Å². The van der Waals surface area contributed by atoms with Crippen molar-refractivity contribution < 1.29 is 17.9 Å². The first-order valence-corrected chi connectivity index (χ1v) is 4.02.